The predicted octanol–water partition coefficient (Wildman–Crippen LogP) is 4.29. The van der Waals surface area contributed by atoms with E-state index in [0.717, 1.165) is 11.8 Å². The van der Waals surface area contributed by atoms with Crippen LogP contribution in [-0.2, 0) is 5.54 Å². The predicted molar refractivity (Wildman–Crippen MR) is 83.5 cm³/mol. The van der Waals surface area contributed by atoms with Crippen molar-refractivity contribution in [3.8, 4) is 0 Å². The molecule has 2 saturated carbocycles. The fourth-order valence-corrected chi connectivity index (χ4v) is 5.87. The molecular weight excluding hydrogens is 320 g/mol. The van der Waals surface area contributed by atoms with Crippen LogP contribution in [0.5, 0.6) is 0 Å². The van der Waals surface area contributed by atoms with Crippen molar-refractivity contribution in [2.45, 2.75) is 44.6 Å². The lowest BCUT2D eigenvalue weighted by Gasteiger charge is -2.46. The summed E-state index contributed by atoms with van der Waals surface area (Å²) in [7, 11) is 0. The van der Waals surface area contributed by atoms with Crippen LogP contribution in [0.15, 0.2) is 20.9 Å². The maximum Gasteiger partial charge on any atom is 0.0982 e. The Balaban J connectivity index is 1.77. The highest BCUT2D eigenvalue weighted by atomic mass is 79.9. The molecule has 1 aromatic heterocycles. The molecule has 4 rings (SSSR count). The number of aliphatic imine (C=N–C) groups is 1. The van der Waals surface area contributed by atoms with Gasteiger partial charge < -0.3 is 5.73 Å². The lowest BCUT2D eigenvalue weighted by molar-refractivity contribution is 0.0604. The molecule has 0 bridgehead atoms. The first kappa shape index (κ1) is 12.4. The van der Waals surface area contributed by atoms with E-state index in [9.17, 15) is 0 Å². The summed E-state index contributed by atoms with van der Waals surface area (Å²) < 4.78 is 1.17. The van der Waals surface area contributed by atoms with Crippen molar-refractivity contribution in [3.63, 3.8) is 0 Å². The van der Waals surface area contributed by atoms with Gasteiger partial charge in [0.25, 0.3) is 0 Å². The van der Waals surface area contributed by atoms with Crippen LogP contribution in [0.1, 0.15) is 43.9 Å². The van der Waals surface area contributed by atoms with Crippen molar-refractivity contribution in [1.82, 2.24) is 0 Å². The van der Waals surface area contributed by atoms with Gasteiger partial charge in [-0.25, -0.2) is 0 Å². The van der Waals surface area contributed by atoms with Crippen LogP contribution in [0.2, 0.25) is 0 Å². The van der Waals surface area contributed by atoms with Crippen molar-refractivity contribution >= 4 is 33.1 Å². The number of hydrogen-bond donors (Lipinski definition) is 1. The van der Waals surface area contributed by atoms with Gasteiger partial charge in [-0.15, -0.1) is 11.3 Å². The second-order valence-corrected chi connectivity index (χ2v) is 8.61. The molecule has 4 heteroatoms. The van der Waals surface area contributed by atoms with E-state index in [2.05, 4.69) is 34.3 Å². The van der Waals surface area contributed by atoms with Crippen molar-refractivity contribution in [1.29, 1.82) is 0 Å². The first-order valence-electron chi connectivity index (χ1n) is 7.12. The number of amidine groups is 1. The van der Waals surface area contributed by atoms with Crippen LogP contribution in [0, 0.1) is 17.3 Å². The summed E-state index contributed by atoms with van der Waals surface area (Å²) in [6.45, 7) is 2.28. The van der Waals surface area contributed by atoms with Crippen LogP contribution in [0.4, 0.5) is 0 Å². The summed E-state index contributed by atoms with van der Waals surface area (Å²) in [5.74, 6) is 2.33. The molecule has 1 aliphatic heterocycles. The molecule has 19 heavy (non-hydrogen) atoms. The van der Waals surface area contributed by atoms with Gasteiger partial charge in [-0.05, 0) is 65.9 Å². The minimum absolute atomic E-state index is 0.103. The largest absolute Gasteiger partial charge is 0.387 e. The molecule has 2 fully saturated rings. The fraction of sp³-hybridized carbons (Fsp3) is 0.667. The minimum Gasteiger partial charge on any atom is -0.387 e. The van der Waals surface area contributed by atoms with Gasteiger partial charge in [0.15, 0.2) is 0 Å². The topological polar surface area (TPSA) is 38.4 Å². The van der Waals surface area contributed by atoms with Gasteiger partial charge in [-0.2, -0.15) is 0 Å². The first-order valence-corrected chi connectivity index (χ1v) is 8.79. The summed E-state index contributed by atoms with van der Waals surface area (Å²) >= 11 is 5.38. The highest BCUT2D eigenvalue weighted by Gasteiger charge is 2.60. The Morgan fingerprint density at radius 1 is 1.47 bits per heavy atom. The summed E-state index contributed by atoms with van der Waals surface area (Å²) in [4.78, 5) is 6.33. The molecule has 2 nitrogen and oxygen atoms in total. The smallest absolute Gasteiger partial charge is 0.0982 e. The standard InChI is InChI=1S/C15H19BrN2S/c1-14(12-5-9(16)7-19-12)8-15(3-2-4-15)11-6-10(11)13(17)18-14/h5,7,10-11H,2-4,6,8H2,1H3,(H2,17,18). The van der Waals surface area contributed by atoms with E-state index >= 15 is 0 Å². The highest BCUT2D eigenvalue weighted by Crippen LogP contribution is 2.66. The molecule has 3 unspecified atom stereocenters. The number of rotatable bonds is 1. The van der Waals surface area contributed by atoms with Gasteiger partial charge in [0.2, 0.25) is 0 Å². The zero-order valence-electron chi connectivity index (χ0n) is 11.2. The average Bonchev–Trinajstić information content (AvgIpc) is 3.00. The SMILES string of the molecule is CC1(c2cc(Br)cs2)CC2(CCC2)C2CC2C(N)=N1. The van der Waals surface area contributed by atoms with Gasteiger partial charge in [0.1, 0.15) is 0 Å². The van der Waals surface area contributed by atoms with E-state index in [4.69, 9.17) is 10.7 Å². The maximum absolute atomic E-state index is 6.28. The third-order valence-corrected chi connectivity index (χ3v) is 7.42. The van der Waals surface area contributed by atoms with Crippen molar-refractivity contribution in [3.05, 3.63) is 20.8 Å². The number of fused-ring (bicyclic) bond motifs is 2. The summed E-state index contributed by atoms with van der Waals surface area (Å²) in [6, 6.07) is 2.23. The van der Waals surface area contributed by atoms with E-state index in [1.165, 1.54) is 41.5 Å². The highest BCUT2D eigenvalue weighted by molar-refractivity contribution is 9.10. The van der Waals surface area contributed by atoms with Gasteiger partial charge in [0, 0.05) is 20.6 Å². The normalized spacial score (nSPS) is 39.2. The fourth-order valence-electron chi connectivity index (χ4n) is 4.34. The molecule has 0 aromatic carbocycles. The molecule has 0 radical (unpaired) electrons. The van der Waals surface area contributed by atoms with Crippen LogP contribution in [0.3, 0.4) is 0 Å². The van der Waals surface area contributed by atoms with Crippen molar-refractivity contribution in [2.75, 3.05) is 0 Å². The number of nitrogens with two attached hydrogens (primary N) is 1. The minimum atomic E-state index is -0.103. The Labute approximate surface area is 126 Å². The number of halogens is 1. The molecule has 3 atom stereocenters. The monoisotopic (exact) mass is 338 g/mol. The Hall–Kier alpha value is -0.350. The van der Waals surface area contributed by atoms with Crippen LogP contribution in [-0.4, -0.2) is 5.84 Å². The van der Waals surface area contributed by atoms with Gasteiger partial charge in [0.05, 0.1) is 11.4 Å². The van der Waals surface area contributed by atoms with Gasteiger partial charge in [-0.1, -0.05) is 6.42 Å². The molecule has 3 aliphatic rings. The summed E-state index contributed by atoms with van der Waals surface area (Å²) in [5.41, 5.74) is 6.72. The van der Waals surface area contributed by atoms with Crippen molar-refractivity contribution in [2.24, 2.45) is 28.0 Å². The number of thiophene rings is 1. The molecule has 1 spiro atoms. The van der Waals surface area contributed by atoms with Crippen LogP contribution < -0.4 is 5.73 Å². The average molecular weight is 339 g/mol. The lowest BCUT2D eigenvalue weighted by atomic mass is 9.60. The van der Waals surface area contributed by atoms with Gasteiger partial charge in [-0.3, -0.25) is 4.99 Å². The zero-order valence-corrected chi connectivity index (χ0v) is 13.6. The maximum atomic E-state index is 6.28. The zero-order chi connectivity index (χ0) is 13.3. The molecule has 102 valence electrons. The molecule has 0 saturated heterocycles. The summed E-state index contributed by atoms with van der Waals surface area (Å²) in [6.07, 6.45) is 6.65. The Bertz CT molecular complexity index is 560. The summed E-state index contributed by atoms with van der Waals surface area (Å²) in [5, 5.41) is 2.16. The molecular formula is C15H19BrN2S. The first-order chi connectivity index (χ1) is 9.02. The van der Waals surface area contributed by atoms with E-state index in [0.29, 0.717) is 11.3 Å². The van der Waals surface area contributed by atoms with E-state index in [1.807, 2.05) is 11.3 Å². The quantitative estimate of drug-likeness (QED) is 0.814. The molecule has 2 N–H and O–H groups in total. The second kappa shape index (κ2) is 3.85. The third kappa shape index (κ3) is 1.75. The molecule has 0 amide bonds. The molecule has 2 aliphatic carbocycles. The van der Waals surface area contributed by atoms with E-state index in [-0.39, 0.29) is 5.54 Å². The van der Waals surface area contributed by atoms with E-state index < -0.39 is 0 Å². The Morgan fingerprint density at radius 3 is 2.84 bits per heavy atom. The van der Waals surface area contributed by atoms with Crippen LogP contribution >= 0.6 is 27.3 Å². The Kier molecular flexibility index (Phi) is 2.51. The van der Waals surface area contributed by atoms with Crippen molar-refractivity contribution < 1.29 is 0 Å². The third-order valence-electron chi connectivity index (χ3n) is 5.48. The van der Waals surface area contributed by atoms with Gasteiger partial charge >= 0.3 is 0 Å². The lowest BCUT2D eigenvalue weighted by Crippen LogP contribution is -2.38. The number of hydrogen-bond acceptors (Lipinski definition) is 3. The molecule has 2 heterocycles. The molecule has 1 aromatic rings. The number of nitrogens with zero attached hydrogens (tertiary/aromatic N) is 1. The Morgan fingerprint density at radius 2 is 2.26 bits per heavy atom. The van der Waals surface area contributed by atoms with E-state index in [1.54, 1.807) is 0 Å². The second-order valence-electron chi connectivity index (χ2n) is 6.78. The van der Waals surface area contributed by atoms with Crippen LogP contribution in [0.25, 0.3) is 0 Å².